The fourth-order valence-electron chi connectivity index (χ4n) is 2.22. The van der Waals surface area contributed by atoms with Crippen molar-refractivity contribution in [2.75, 3.05) is 29.9 Å². The van der Waals surface area contributed by atoms with Gasteiger partial charge < -0.3 is 10.2 Å². The molecule has 0 amide bonds. The Morgan fingerprint density at radius 2 is 1.95 bits per heavy atom. The highest BCUT2D eigenvalue weighted by Gasteiger charge is 2.05. The molecular formula is C16H22N4. The predicted octanol–water partition coefficient (Wildman–Crippen LogP) is 3.32. The average Bonchev–Trinajstić information content (AvgIpc) is 2.95. The first-order valence-corrected chi connectivity index (χ1v) is 7.03. The van der Waals surface area contributed by atoms with Gasteiger partial charge in [-0.05, 0) is 38.1 Å². The minimum atomic E-state index is 0.703. The number of hydrogen-bond acceptors (Lipinski definition) is 3. The average molecular weight is 270 g/mol. The summed E-state index contributed by atoms with van der Waals surface area (Å²) in [6.07, 6.45) is 5.57. The Hall–Kier alpha value is -2.23. The molecule has 1 aromatic carbocycles. The summed E-state index contributed by atoms with van der Waals surface area (Å²) in [7, 11) is 0. The molecule has 2 aromatic rings. The van der Waals surface area contributed by atoms with E-state index < -0.39 is 0 Å². The largest absolute Gasteiger partial charge is 0.372 e. The van der Waals surface area contributed by atoms with Crippen molar-refractivity contribution in [3.8, 4) is 5.69 Å². The number of imidazole rings is 1. The van der Waals surface area contributed by atoms with E-state index >= 15 is 0 Å². The van der Waals surface area contributed by atoms with Crippen LogP contribution in [-0.2, 0) is 0 Å². The summed E-state index contributed by atoms with van der Waals surface area (Å²) in [5, 5.41) is 3.22. The van der Waals surface area contributed by atoms with Crippen molar-refractivity contribution in [3.05, 3.63) is 49.3 Å². The van der Waals surface area contributed by atoms with Crippen LogP contribution in [0.3, 0.4) is 0 Å². The lowest BCUT2D eigenvalue weighted by Crippen LogP contribution is -2.21. The van der Waals surface area contributed by atoms with Crippen LogP contribution >= 0.6 is 0 Å². The molecule has 0 aliphatic rings. The van der Waals surface area contributed by atoms with Crippen LogP contribution in [0.2, 0.25) is 0 Å². The summed E-state index contributed by atoms with van der Waals surface area (Å²) in [4.78, 5) is 6.64. The maximum atomic E-state index is 4.31. The third kappa shape index (κ3) is 3.02. The molecule has 4 heteroatoms. The number of benzene rings is 1. The second-order valence-corrected chi connectivity index (χ2v) is 4.48. The van der Waals surface area contributed by atoms with E-state index in [0.717, 1.165) is 24.7 Å². The normalized spacial score (nSPS) is 10.3. The Morgan fingerprint density at radius 3 is 2.55 bits per heavy atom. The number of aromatic nitrogens is 2. The van der Waals surface area contributed by atoms with Crippen molar-refractivity contribution in [1.29, 1.82) is 0 Å². The lowest BCUT2D eigenvalue weighted by Gasteiger charge is -2.21. The van der Waals surface area contributed by atoms with Crippen LogP contribution in [0, 0.1) is 0 Å². The first-order valence-electron chi connectivity index (χ1n) is 7.03. The van der Waals surface area contributed by atoms with Gasteiger partial charge in [0.25, 0.3) is 0 Å². The molecule has 0 saturated carbocycles. The molecule has 0 aliphatic carbocycles. The van der Waals surface area contributed by atoms with Crippen molar-refractivity contribution in [2.45, 2.75) is 13.8 Å². The molecule has 20 heavy (non-hydrogen) atoms. The molecule has 0 radical (unpaired) electrons. The molecule has 2 rings (SSSR count). The summed E-state index contributed by atoms with van der Waals surface area (Å²) >= 11 is 0. The second kappa shape index (κ2) is 6.80. The number of anilines is 2. The number of rotatable bonds is 7. The standard InChI is InChI=1S/C16H22N4/c1-4-11-17-16-18-12-13-20(16)15-9-7-14(8-10-15)19(5-2)6-3/h4,7-10,12-13H,1,5-6,11H2,2-3H3,(H,17,18). The van der Waals surface area contributed by atoms with Crippen LogP contribution in [0.15, 0.2) is 49.3 Å². The minimum Gasteiger partial charge on any atom is -0.372 e. The topological polar surface area (TPSA) is 33.1 Å². The van der Waals surface area contributed by atoms with Gasteiger partial charge in [0.15, 0.2) is 0 Å². The van der Waals surface area contributed by atoms with Crippen molar-refractivity contribution in [2.24, 2.45) is 0 Å². The highest BCUT2D eigenvalue weighted by atomic mass is 15.2. The Bertz CT molecular complexity index is 538. The lowest BCUT2D eigenvalue weighted by atomic mass is 10.2. The van der Waals surface area contributed by atoms with Gasteiger partial charge in [-0.2, -0.15) is 0 Å². The Kier molecular flexibility index (Phi) is 4.82. The maximum absolute atomic E-state index is 4.31. The van der Waals surface area contributed by atoms with Crippen LogP contribution in [0.4, 0.5) is 11.6 Å². The molecule has 0 atom stereocenters. The molecule has 106 valence electrons. The van der Waals surface area contributed by atoms with Gasteiger partial charge in [0, 0.05) is 43.4 Å². The van der Waals surface area contributed by atoms with Crippen molar-refractivity contribution < 1.29 is 0 Å². The van der Waals surface area contributed by atoms with Crippen LogP contribution in [0.25, 0.3) is 5.69 Å². The maximum Gasteiger partial charge on any atom is 0.207 e. The number of nitrogens with one attached hydrogen (secondary N) is 1. The first-order chi connectivity index (χ1) is 9.80. The molecule has 0 aliphatic heterocycles. The van der Waals surface area contributed by atoms with Crippen LogP contribution in [0.5, 0.6) is 0 Å². The van der Waals surface area contributed by atoms with Crippen LogP contribution < -0.4 is 10.2 Å². The molecule has 0 bridgehead atoms. The van der Waals surface area contributed by atoms with E-state index in [0.29, 0.717) is 6.54 Å². The third-order valence-electron chi connectivity index (χ3n) is 3.30. The van der Waals surface area contributed by atoms with Crippen molar-refractivity contribution >= 4 is 11.6 Å². The Balaban J connectivity index is 2.21. The van der Waals surface area contributed by atoms with E-state index in [1.165, 1.54) is 5.69 Å². The molecule has 0 spiro atoms. The van der Waals surface area contributed by atoms with Crippen LogP contribution in [0.1, 0.15) is 13.8 Å². The van der Waals surface area contributed by atoms with E-state index in [2.05, 4.69) is 59.9 Å². The zero-order chi connectivity index (χ0) is 14.4. The van der Waals surface area contributed by atoms with Crippen molar-refractivity contribution in [1.82, 2.24) is 9.55 Å². The Morgan fingerprint density at radius 1 is 1.25 bits per heavy atom. The molecule has 4 nitrogen and oxygen atoms in total. The fourth-order valence-corrected chi connectivity index (χ4v) is 2.22. The highest BCUT2D eigenvalue weighted by molar-refractivity contribution is 5.52. The predicted molar refractivity (Wildman–Crippen MR) is 85.8 cm³/mol. The zero-order valence-corrected chi connectivity index (χ0v) is 12.2. The van der Waals surface area contributed by atoms with Gasteiger partial charge in [0.1, 0.15) is 0 Å². The molecule has 0 saturated heterocycles. The SMILES string of the molecule is C=CCNc1nccn1-c1ccc(N(CC)CC)cc1. The van der Waals surface area contributed by atoms with Gasteiger partial charge in [0.2, 0.25) is 5.95 Å². The van der Waals surface area contributed by atoms with Crippen LogP contribution in [-0.4, -0.2) is 29.2 Å². The van der Waals surface area contributed by atoms with Gasteiger partial charge in [-0.15, -0.1) is 6.58 Å². The summed E-state index contributed by atoms with van der Waals surface area (Å²) in [5.41, 5.74) is 2.35. The minimum absolute atomic E-state index is 0.703. The lowest BCUT2D eigenvalue weighted by molar-refractivity contribution is 0.865. The van der Waals surface area contributed by atoms with Gasteiger partial charge in [-0.3, -0.25) is 4.57 Å². The van der Waals surface area contributed by atoms with E-state index in [-0.39, 0.29) is 0 Å². The van der Waals surface area contributed by atoms with E-state index in [9.17, 15) is 0 Å². The molecular weight excluding hydrogens is 248 g/mol. The number of nitrogens with zero attached hydrogens (tertiary/aromatic N) is 3. The monoisotopic (exact) mass is 270 g/mol. The Labute approximate surface area is 120 Å². The smallest absolute Gasteiger partial charge is 0.207 e. The first kappa shape index (κ1) is 14.2. The summed E-state index contributed by atoms with van der Waals surface area (Å²) in [6, 6.07) is 8.54. The van der Waals surface area contributed by atoms with Crippen molar-refractivity contribution in [3.63, 3.8) is 0 Å². The van der Waals surface area contributed by atoms with Gasteiger partial charge in [0.05, 0.1) is 0 Å². The second-order valence-electron chi connectivity index (χ2n) is 4.48. The van der Waals surface area contributed by atoms with Gasteiger partial charge >= 0.3 is 0 Å². The molecule has 1 aromatic heterocycles. The van der Waals surface area contributed by atoms with Gasteiger partial charge in [-0.1, -0.05) is 6.08 Å². The van der Waals surface area contributed by atoms with E-state index in [1.807, 2.05) is 16.8 Å². The molecule has 1 N–H and O–H groups in total. The molecule has 0 fully saturated rings. The highest BCUT2D eigenvalue weighted by Crippen LogP contribution is 2.19. The van der Waals surface area contributed by atoms with E-state index in [1.54, 1.807) is 6.20 Å². The van der Waals surface area contributed by atoms with E-state index in [4.69, 9.17) is 0 Å². The molecule has 0 unspecified atom stereocenters. The summed E-state index contributed by atoms with van der Waals surface area (Å²) < 4.78 is 2.04. The number of hydrogen-bond donors (Lipinski definition) is 1. The fraction of sp³-hybridized carbons (Fsp3) is 0.312. The van der Waals surface area contributed by atoms with Gasteiger partial charge in [-0.25, -0.2) is 4.98 Å². The summed E-state index contributed by atoms with van der Waals surface area (Å²) in [6.45, 7) is 10.8. The molecule has 1 heterocycles. The zero-order valence-electron chi connectivity index (χ0n) is 12.2. The summed E-state index contributed by atoms with van der Waals surface area (Å²) in [5.74, 6) is 0.834. The third-order valence-corrected chi connectivity index (χ3v) is 3.30. The quantitative estimate of drug-likeness (QED) is 0.784.